The van der Waals surface area contributed by atoms with Crippen molar-refractivity contribution >= 4 is 5.91 Å². The summed E-state index contributed by atoms with van der Waals surface area (Å²) >= 11 is 0. The van der Waals surface area contributed by atoms with Crippen LogP contribution < -0.4 is 10.1 Å². The highest BCUT2D eigenvalue weighted by Gasteiger charge is 2.30. The summed E-state index contributed by atoms with van der Waals surface area (Å²) in [5, 5.41) is 2.97. The average Bonchev–Trinajstić information content (AvgIpc) is 2.90. The lowest BCUT2D eigenvalue weighted by molar-refractivity contribution is -0.0138. The van der Waals surface area contributed by atoms with Crippen molar-refractivity contribution in [3.05, 3.63) is 41.4 Å². The molecule has 0 aromatic carbocycles. The summed E-state index contributed by atoms with van der Waals surface area (Å²) < 4.78 is 16.8. The van der Waals surface area contributed by atoms with Crippen LogP contribution in [0.15, 0.2) is 22.7 Å². The maximum Gasteiger partial charge on any atom is 0.289 e. The van der Waals surface area contributed by atoms with Gasteiger partial charge >= 0.3 is 0 Å². The lowest BCUT2D eigenvalue weighted by Gasteiger charge is -2.32. The number of amides is 1. The molecule has 1 fully saturated rings. The van der Waals surface area contributed by atoms with E-state index in [0.717, 1.165) is 5.69 Å². The fraction of sp³-hybridized carbons (Fsp3) is 0.471. The van der Waals surface area contributed by atoms with Gasteiger partial charge in [0.2, 0.25) is 5.76 Å². The number of ether oxygens (including phenoxy) is 2. The Morgan fingerprint density at radius 3 is 2.83 bits per heavy atom. The number of carbonyl (C=O) groups excluding carboxylic acids is 1. The van der Waals surface area contributed by atoms with E-state index in [4.69, 9.17) is 13.9 Å². The first kappa shape index (κ1) is 16.4. The first-order valence-corrected chi connectivity index (χ1v) is 7.95. The van der Waals surface area contributed by atoms with Crippen molar-refractivity contribution in [1.82, 2.24) is 15.3 Å². The lowest BCUT2D eigenvalue weighted by Crippen LogP contribution is -2.51. The van der Waals surface area contributed by atoms with Crippen LogP contribution >= 0.6 is 0 Å². The van der Waals surface area contributed by atoms with Gasteiger partial charge in [-0.25, -0.2) is 4.98 Å². The molecule has 2 aromatic heterocycles. The number of oxazole rings is 1. The van der Waals surface area contributed by atoms with Crippen molar-refractivity contribution in [1.29, 1.82) is 0 Å². The van der Waals surface area contributed by atoms with Crippen LogP contribution in [0.3, 0.4) is 0 Å². The summed E-state index contributed by atoms with van der Waals surface area (Å²) in [5.74, 6) is 1.09. The molecule has 3 rings (SSSR count). The second-order valence-electron chi connectivity index (χ2n) is 5.88. The molecule has 2 atom stereocenters. The minimum absolute atomic E-state index is 0.169. The number of pyridine rings is 1. The molecule has 1 N–H and O–H groups in total. The first-order valence-electron chi connectivity index (χ1n) is 7.95. The van der Waals surface area contributed by atoms with E-state index in [9.17, 15) is 4.79 Å². The predicted octanol–water partition coefficient (Wildman–Crippen LogP) is 1.96. The van der Waals surface area contributed by atoms with Crippen LogP contribution in [-0.2, 0) is 4.74 Å². The van der Waals surface area contributed by atoms with E-state index in [1.165, 1.54) is 0 Å². The molecular formula is C17H21N3O4. The fourth-order valence-electron chi connectivity index (χ4n) is 2.67. The number of hydrogen-bond acceptors (Lipinski definition) is 6. The molecule has 7 nitrogen and oxygen atoms in total. The summed E-state index contributed by atoms with van der Waals surface area (Å²) in [6.45, 7) is 6.37. The number of aromatic nitrogens is 2. The average molecular weight is 331 g/mol. The Labute approximate surface area is 140 Å². The maximum atomic E-state index is 12.4. The molecule has 24 heavy (non-hydrogen) atoms. The number of carbonyl (C=O) groups is 1. The summed E-state index contributed by atoms with van der Waals surface area (Å²) in [4.78, 5) is 20.8. The smallest absolute Gasteiger partial charge is 0.289 e. The molecule has 7 heteroatoms. The van der Waals surface area contributed by atoms with Crippen LogP contribution in [0, 0.1) is 20.8 Å². The predicted molar refractivity (Wildman–Crippen MR) is 86.1 cm³/mol. The molecule has 1 saturated heterocycles. The van der Waals surface area contributed by atoms with E-state index in [1.54, 1.807) is 20.0 Å². The van der Waals surface area contributed by atoms with Crippen LogP contribution in [0.25, 0.3) is 0 Å². The van der Waals surface area contributed by atoms with Crippen LogP contribution in [0.1, 0.15) is 34.3 Å². The van der Waals surface area contributed by atoms with Gasteiger partial charge in [-0.2, -0.15) is 0 Å². The van der Waals surface area contributed by atoms with Gasteiger partial charge in [0, 0.05) is 19.2 Å². The van der Waals surface area contributed by atoms with E-state index in [0.29, 0.717) is 37.0 Å². The number of rotatable bonds is 4. The molecule has 1 aliphatic rings. The van der Waals surface area contributed by atoms with Crippen LogP contribution in [0.2, 0.25) is 0 Å². The Balaban J connectivity index is 1.69. The van der Waals surface area contributed by atoms with Gasteiger partial charge in [-0.1, -0.05) is 0 Å². The van der Waals surface area contributed by atoms with Crippen molar-refractivity contribution in [2.45, 2.75) is 39.3 Å². The van der Waals surface area contributed by atoms with Gasteiger partial charge < -0.3 is 19.2 Å². The Morgan fingerprint density at radius 1 is 1.33 bits per heavy atom. The Kier molecular flexibility index (Phi) is 4.80. The molecule has 3 heterocycles. The number of hydrogen-bond donors (Lipinski definition) is 1. The summed E-state index contributed by atoms with van der Waals surface area (Å²) in [6.07, 6.45) is 2.06. The number of nitrogens with zero attached hydrogens (tertiary/aromatic N) is 2. The van der Waals surface area contributed by atoms with Crippen molar-refractivity contribution in [3.63, 3.8) is 0 Å². The number of aryl methyl sites for hydroxylation is 3. The maximum absolute atomic E-state index is 12.4. The second kappa shape index (κ2) is 7.00. The van der Waals surface area contributed by atoms with E-state index >= 15 is 0 Å². The van der Waals surface area contributed by atoms with Crippen LogP contribution in [0.4, 0.5) is 0 Å². The van der Waals surface area contributed by atoms with E-state index in [-0.39, 0.29) is 23.8 Å². The molecule has 0 unspecified atom stereocenters. The van der Waals surface area contributed by atoms with Crippen molar-refractivity contribution in [3.8, 4) is 5.75 Å². The van der Waals surface area contributed by atoms with Gasteiger partial charge in [0.25, 0.3) is 5.91 Å². The highest BCUT2D eigenvalue weighted by atomic mass is 16.5. The second-order valence-corrected chi connectivity index (χ2v) is 5.88. The molecule has 0 saturated carbocycles. The van der Waals surface area contributed by atoms with Crippen LogP contribution in [-0.4, -0.2) is 41.2 Å². The van der Waals surface area contributed by atoms with Gasteiger partial charge in [-0.05, 0) is 32.4 Å². The molecule has 1 amide bonds. The van der Waals surface area contributed by atoms with Crippen molar-refractivity contribution in [2.75, 3.05) is 13.2 Å². The molecule has 2 aromatic rings. The third-order valence-corrected chi connectivity index (χ3v) is 3.90. The zero-order valence-corrected chi connectivity index (χ0v) is 14.0. The molecule has 0 bridgehead atoms. The Bertz CT molecular complexity index is 711. The Morgan fingerprint density at radius 2 is 2.17 bits per heavy atom. The largest absolute Gasteiger partial charge is 0.484 e. The Hall–Kier alpha value is -2.41. The van der Waals surface area contributed by atoms with Gasteiger partial charge in [-0.15, -0.1) is 0 Å². The normalized spacial score (nSPS) is 20.6. The highest BCUT2D eigenvalue weighted by Crippen LogP contribution is 2.18. The first-order chi connectivity index (χ1) is 11.5. The summed E-state index contributed by atoms with van der Waals surface area (Å²) in [5.41, 5.74) is 1.50. The topological polar surface area (TPSA) is 86.5 Å². The zero-order chi connectivity index (χ0) is 17.1. The summed E-state index contributed by atoms with van der Waals surface area (Å²) in [6, 6.07) is 3.57. The quantitative estimate of drug-likeness (QED) is 0.921. The molecule has 1 aliphatic heterocycles. The molecule has 0 aliphatic carbocycles. The molecule has 0 spiro atoms. The van der Waals surface area contributed by atoms with E-state index in [1.807, 2.05) is 19.1 Å². The third-order valence-electron chi connectivity index (χ3n) is 3.90. The standard InChI is InChI=1S/C17H21N3O4/c1-10-4-5-13(8-18-10)24-15-9-22-7-6-14(15)20-17(21)16-11(2)19-12(3)23-16/h4-5,8,14-15H,6-7,9H2,1-3H3,(H,20,21)/t14-,15+/m1/s1. The van der Waals surface area contributed by atoms with Gasteiger partial charge in [0.1, 0.15) is 11.9 Å². The minimum Gasteiger partial charge on any atom is -0.484 e. The molecular weight excluding hydrogens is 310 g/mol. The third kappa shape index (κ3) is 3.73. The van der Waals surface area contributed by atoms with Crippen molar-refractivity contribution in [2.24, 2.45) is 0 Å². The SMILES string of the molecule is Cc1ccc(O[C@H]2COCC[C@H]2NC(=O)c2oc(C)nc2C)cn1. The van der Waals surface area contributed by atoms with Crippen LogP contribution in [0.5, 0.6) is 5.75 Å². The number of nitrogens with one attached hydrogen (secondary N) is 1. The summed E-state index contributed by atoms with van der Waals surface area (Å²) in [7, 11) is 0. The molecule has 0 radical (unpaired) electrons. The highest BCUT2D eigenvalue weighted by molar-refractivity contribution is 5.92. The zero-order valence-electron chi connectivity index (χ0n) is 14.0. The minimum atomic E-state index is -0.282. The van der Waals surface area contributed by atoms with Gasteiger partial charge in [-0.3, -0.25) is 9.78 Å². The van der Waals surface area contributed by atoms with E-state index < -0.39 is 0 Å². The van der Waals surface area contributed by atoms with Gasteiger partial charge in [0.05, 0.1) is 24.5 Å². The fourth-order valence-corrected chi connectivity index (χ4v) is 2.67. The monoisotopic (exact) mass is 331 g/mol. The van der Waals surface area contributed by atoms with E-state index in [2.05, 4.69) is 15.3 Å². The van der Waals surface area contributed by atoms with Crippen molar-refractivity contribution < 1.29 is 18.7 Å². The molecule has 128 valence electrons. The van der Waals surface area contributed by atoms with Gasteiger partial charge in [0.15, 0.2) is 5.89 Å². The lowest BCUT2D eigenvalue weighted by atomic mass is 10.1.